The Morgan fingerprint density at radius 3 is 2.62 bits per heavy atom. The monoisotopic (exact) mass is 366 g/mol. The number of aromatic nitrogens is 1. The van der Waals surface area contributed by atoms with Crippen molar-refractivity contribution < 1.29 is 9.53 Å². The number of hydrogen-bond acceptors (Lipinski definition) is 3. The number of rotatable bonds is 8. The molecule has 0 radical (unpaired) electrons. The number of nitrogens with zero attached hydrogens (tertiary/aromatic N) is 1. The fourth-order valence-electron chi connectivity index (χ4n) is 2.07. The van der Waals surface area contributed by atoms with Crippen LogP contribution in [0.1, 0.15) is 35.8 Å². The predicted molar refractivity (Wildman–Crippen MR) is 97.1 cm³/mol. The average Bonchev–Trinajstić information content (AvgIpc) is 2.58. The number of ether oxygens (including phenoxy) is 1. The summed E-state index contributed by atoms with van der Waals surface area (Å²) in [4.78, 5) is 16.0. The number of carbonyl (C=O) groups is 1. The number of amides is 1. The van der Waals surface area contributed by atoms with Crippen LogP contribution >= 0.6 is 23.2 Å². The Balaban J connectivity index is 1.81. The third-order valence-corrected chi connectivity index (χ3v) is 3.93. The highest BCUT2D eigenvalue weighted by Gasteiger charge is 2.12. The summed E-state index contributed by atoms with van der Waals surface area (Å²) in [6.45, 7) is 3.35. The van der Waals surface area contributed by atoms with Crippen LogP contribution in [0, 0.1) is 0 Å². The van der Waals surface area contributed by atoms with Gasteiger partial charge in [-0.3, -0.25) is 4.79 Å². The summed E-state index contributed by atoms with van der Waals surface area (Å²) in [5, 5.41) is 3.32. The maximum absolute atomic E-state index is 12.1. The van der Waals surface area contributed by atoms with E-state index in [1.54, 1.807) is 12.1 Å². The highest BCUT2D eigenvalue weighted by atomic mass is 35.5. The standard InChI is InChI=1S/C18H20Cl2N2O2/c1-2-3-12-24-14-6-4-13(5-7-14)10-11-21-18(23)17-15(19)8-9-16(20)22-17/h4-9H,2-3,10-12H2,1H3,(H,21,23). The molecule has 6 heteroatoms. The van der Waals surface area contributed by atoms with E-state index >= 15 is 0 Å². The van der Waals surface area contributed by atoms with Crippen molar-refractivity contribution in [3.63, 3.8) is 0 Å². The fourth-order valence-corrected chi connectivity index (χ4v) is 2.41. The first-order chi connectivity index (χ1) is 11.6. The Kier molecular flexibility index (Phi) is 7.35. The number of nitrogens with one attached hydrogen (secondary N) is 1. The van der Waals surface area contributed by atoms with Crippen LogP contribution in [0.5, 0.6) is 5.75 Å². The molecule has 1 aromatic heterocycles. The van der Waals surface area contributed by atoms with E-state index in [4.69, 9.17) is 27.9 Å². The van der Waals surface area contributed by atoms with Crippen LogP contribution in [-0.4, -0.2) is 24.0 Å². The fraction of sp³-hybridized carbons (Fsp3) is 0.333. The van der Waals surface area contributed by atoms with Gasteiger partial charge in [-0.05, 0) is 42.7 Å². The van der Waals surface area contributed by atoms with Gasteiger partial charge < -0.3 is 10.1 Å². The molecule has 1 N–H and O–H groups in total. The second kappa shape index (κ2) is 9.50. The number of pyridine rings is 1. The minimum atomic E-state index is -0.331. The molecule has 0 bridgehead atoms. The zero-order valence-corrected chi connectivity index (χ0v) is 15.0. The van der Waals surface area contributed by atoms with Crippen LogP contribution in [-0.2, 0) is 6.42 Å². The molecule has 0 saturated heterocycles. The van der Waals surface area contributed by atoms with E-state index in [0.717, 1.165) is 30.8 Å². The molecule has 0 aliphatic rings. The third-order valence-electron chi connectivity index (χ3n) is 3.42. The highest BCUT2D eigenvalue weighted by molar-refractivity contribution is 6.34. The second-order valence-corrected chi connectivity index (χ2v) is 6.11. The molecule has 4 nitrogen and oxygen atoms in total. The summed E-state index contributed by atoms with van der Waals surface area (Å²) >= 11 is 11.8. The maximum Gasteiger partial charge on any atom is 0.271 e. The first kappa shape index (κ1) is 18.6. The highest BCUT2D eigenvalue weighted by Crippen LogP contribution is 2.17. The average molecular weight is 367 g/mol. The normalized spacial score (nSPS) is 10.5. The topological polar surface area (TPSA) is 51.2 Å². The van der Waals surface area contributed by atoms with Gasteiger partial charge in [0.05, 0.1) is 11.6 Å². The van der Waals surface area contributed by atoms with Gasteiger partial charge in [0.1, 0.15) is 16.6 Å². The molecular weight excluding hydrogens is 347 g/mol. The van der Waals surface area contributed by atoms with Crippen molar-refractivity contribution in [2.45, 2.75) is 26.2 Å². The minimum Gasteiger partial charge on any atom is -0.494 e. The Hall–Kier alpha value is -1.78. The predicted octanol–water partition coefficient (Wildman–Crippen LogP) is 4.54. The van der Waals surface area contributed by atoms with Crippen molar-refractivity contribution in [1.29, 1.82) is 0 Å². The molecule has 0 unspecified atom stereocenters. The van der Waals surface area contributed by atoms with Crippen molar-refractivity contribution in [2.75, 3.05) is 13.2 Å². The van der Waals surface area contributed by atoms with Gasteiger partial charge in [-0.25, -0.2) is 4.98 Å². The first-order valence-electron chi connectivity index (χ1n) is 7.92. The summed E-state index contributed by atoms with van der Waals surface area (Å²) in [6, 6.07) is 11.0. The van der Waals surface area contributed by atoms with E-state index in [1.165, 1.54) is 0 Å². The Labute approximate surface area is 152 Å². The van der Waals surface area contributed by atoms with Crippen LogP contribution in [0.15, 0.2) is 36.4 Å². The Morgan fingerprint density at radius 2 is 1.92 bits per heavy atom. The van der Waals surface area contributed by atoms with Gasteiger partial charge >= 0.3 is 0 Å². The van der Waals surface area contributed by atoms with Crippen molar-refractivity contribution in [3.05, 3.63) is 57.8 Å². The summed E-state index contributed by atoms with van der Waals surface area (Å²) in [5.41, 5.74) is 1.26. The quantitative estimate of drug-likeness (QED) is 0.551. The van der Waals surface area contributed by atoms with Gasteiger partial charge in [0, 0.05) is 6.54 Å². The van der Waals surface area contributed by atoms with Gasteiger partial charge in [0.25, 0.3) is 5.91 Å². The smallest absolute Gasteiger partial charge is 0.271 e. The van der Waals surface area contributed by atoms with E-state index in [2.05, 4.69) is 17.2 Å². The molecule has 2 aromatic rings. The van der Waals surface area contributed by atoms with Gasteiger partial charge in [-0.1, -0.05) is 48.7 Å². The minimum absolute atomic E-state index is 0.142. The second-order valence-electron chi connectivity index (χ2n) is 5.32. The number of carbonyl (C=O) groups excluding carboxylic acids is 1. The summed E-state index contributed by atoms with van der Waals surface area (Å²) in [6.07, 6.45) is 2.87. The third kappa shape index (κ3) is 5.69. The summed E-state index contributed by atoms with van der Waals surface area (Å²) < 4.78 is 5.62. The lowest BCUT2D eigenvalue weighted by Gasteiger charge is -2.08. The Bertz CT molecular complexity index is 675. The number of hydrogen-bond donors (Lipinski definition) is 1. The molecule has 0 aliphatic heterocycles. The SMILES string of the molecule is CCCCOc1ccc(CCNC(=O)c2nc(Cl)ccc2Cl)cc1. The molecule has 128 valence electrons. The number of benzene rings is 1. The van der Waals surface area contributed by atoms with Crippen LogP contribution in [0.25, 0.3) is 0 Å². The van der Waals surface area contributed by atoms with Gasteiger partial charge in [0.2, 0.25) is 0 Å². The summed E-state index contributed by atoms with van der Waals surface area (Å²) in [5.74, 6) is 0.535. The van der Waals surface area contributed by atoms with Crippen molar-refractivity contribution in [2.24, 2.45) is 0 Å². The molecule has 1 aromatic carbocycles. The lowest BCUT2D eigenvalue weighted by molar-refractivity contribution is 0.0949. The molecule has 1 heterocycles. The van der Waals surface area contributed by atoms with Crippen LogP contribution in [0.2, 0.25) is 10.2 Å². The molecule has 0 saturated carbocycles. The molecule has 24 heavy (non-hydrogen) atoms. The maximum atomic E-state index is 12.1. The lowest BCUT2D eigenvalue weighted by atomic mass is 10.1. The van der Waals surface area contributed by atoms with E-state index in [0.29, 0.717) is 13.0 Å². The van der Waals surface area contributed by atoms with E-state index in [1.807, 2.05) is 24.3 Å². The van der Waals surface area contributed by atoms with E-state index < -0.39 is 0 Å². The molecule has 2 rings (SSSR count). The van der Waals surface area contributed by atoms with Crippen molar-refractivity contribution in [3.8, 4) is 5.75 Å². The van der Waals surface area contributed by atoms with Gasteiger partial charge in [-0.2, -0.15) is 0 Å². The molecule has 1 amide bonds. The zero-order chi connectivity index (χ0) is 17.4. The molecule has 0 aliphatic carbocycles. The number of unbranched alkanes of at least 4 members (excludes halogenated alkanes) is 1. The van der Waals surface area contributed by atoms with E-state index in [9.17, 15) is 4.79 Å². The molecule has 0 atom stereocenters. The van der Waals surface area contributed by atoms with Crippen LogP contribution < -0.4 is 10.1 Å². The largest absolute Gasteiger partial charge is 0.494 e. The van der Waals surface area contributed by atoms with E-state index in [-0.39, 0.29) is 21.8 Å². The zero-order valence-electron chi connectivity index (χ0n) is 13.5. The number of halogens is 2. The summed E-state index contributed by atoms with van der Waals surface area (Å²) in [7, 11) is 0. The van der Waals surface area contributed by atoms with Crippen LogP contribution in [0.3, 0.4) is 0 Å². The lowest BCUT2D eigenvalue weighted by Crippen LogP contribution is -2.26. The van der Waals surface area contributed by atoms with Gasteiger partial charge in [-0.15, -0.1) is 0 Å². The molecular formula is C18H20Cl2N2O2. The molecule has 0 fully saturated rings. The van der Waals surface area contributed by atoms with Crippen molar-refractivity contribution >= 4 is 29.1 Å². The Morgan fingerprint density at radius 1 is 1.17 bits per heavy atom. The van der Waals surface area contributed by atoms with Gasteiger partial charge in [0.15, 0.2) is 0 Å². The van der Waals surface area contributed by atoms with Crippen LogP contribution in [0.4, 0.5) is 0 Å². The first-order valence-corrected chi connectivity index (χ1v) is 8.67. The van der Waals surface area contributed by atoms with Crippen molar-refractivity contribution in [1.82, 2.24) is 10.3 Å². The molecule has 0 spiro atoms.